The lowest BCUT2D eigenvalue weighted by Gasteiger charge is -2.06. The maximum Gasteiger partial charge on any atom is 0.118 e. The van der Waals surface area contributed by atoms with Gasteiger partial charge in [0.15, 0.2) is 0 Å². The third-order valence-corrected chi connectivity index (χ3v) is 2.97. The lowest BCUT2D eigenvalue weighted by atomic mass is 10.1. The normalized spacial score (nSPS) is 10.1. The Morgan fingerprint density at radius 1 is 1.19 bits per heavy atom. The fraction of sp³-hybridized carbons (Fsp3) is 0.154. The van der Waals surface area contributed by atoms with Crippen LogP contribution in [-0.4, -0.2) is 16.5 Å². The molecule has 16 heavy (non-hydrogen) atoms. The van der Waals surface area contributed by atoms with E-state index in [9.17, 15) is 0 Å². The van der Waals surface area contributed by atoms with Crippen molar-refractivity contribution in [3.63, 3.8) is 0 Å². The summed E-state index contributed by atoms with van der Waals surface area (Å²) in [5.74, 6) is 0.846. The Morgan fingerprint density at radius 3 is 2.38 bits per heavy atom. The van der Waals surface area contributed by atoms with Crippen LogP contribution in [0.5, 0.6) is 5.75 Å². The summed E-state index contributed by atoms with van der Waals surface area (Å²) in [6, 6.07) is 11.8. The van der Waals surface area contributed by atoms with Crippen LogP contribution in [-0.2, 0) is 7.05 Å². The van der Waals surface area contributed by atoms with Gasteiger partial charge >= 0.3 is 0 Å². The minimum atomic E-state index is 0.846. The van der Waals surface area contributed by atoms with Gasteiger partial charge in [-0.1, -0.05) is 12.2 Å². The maximum absolute atomic E-state index is 5.45. The Kier molecular flexibility index (Phi) is 3.06. The first-order valence-corrected chi connectivity index (χ1v) is 5.43. The standard InChI is InChI=1S/C13H13NOS/c1-14-9-3-4-12(14)13(16)10-5-7-11(15-2)8-6-10/h3-9H,1-2H3. The van der Waals surface area contributed by atoms with E-state index in [0.29, 0.717) is 0 Å². The molecule has 0 bridgehead atoms. The lowest BCUT2D eigenvalue weighted by Crippen LogP contribution is -2.05. The molecule has 3 heteroatoms. The van der Waals surface area contributed by atoms with E-state index in [1.807, 2.05) is 54.2 Å². The third kappa shape index (κ3) is 1.99. The zero-order valence-corrected chi connectivity index (χ0v) is 10.1. The number of nitrogens with zero attached hydrogens (tertiary/aromatic N) is 1. The first kappa shape index (κ1) is 10.9. The van der Waals surface area contributed by atoms with E-state index in [1.165, 1.54) is 0 Å². The van der Waals surface area contributed by atoms with Crippen LogP contribution in [0.1, 0.15) is 11.3 Å². The molecule has 2 nitrogen and oxygen atoms in total. The molecule has 1 aromatic carbocycles. The van der Waals surface area contributed by atoms with Crippen LogP contribution in [0.2, 0.25) is 0 Å². The molecule has 0 N–H and O–H groups in total. The molecule has 1 heterocycles. The molecule has 0 saturated heterocycles. The molecular formula is C13H13NOS. The number of thiocarbonyl (C=S) groups is 1. The van der Waals surface area contributed by atoms with Gasteiger partial charge < -0.3 is 9.30 Å². The van der Waals surface area contributed by atoms with Gasteiger partial charge in [-0.05, 0) is 42.0 Å². The molecule has 0 spiro atoms. The number of aryl methyl sites for hydroxylation is 1. The molecule has 0 amide bonds. The summed E-state index contributed by atoms with van der Waals surface area (Å²) in [5.41, 5.74) is 2.10. The van der Waals surface area contributed by atoms with Crippen molar-refractivity contribution in [2.24, 2.45) is 7.05 Å². The fourth-order valence-corrected chi connectivity index (χ4v) is 1.94. The van der Waals surface area contributed by atoms with Gasteiger partial charge in [-0.2, -0.15) is 0 Å². The van der Waals surface area contributed by atoms with Gasteiger partial charge in [-0.3, -0.25) is 0 Å². The zero-order chi connectivity index (χ0) is 11.5. The molecule has 0 fully saturated rings. The van der Waals surface area contributed by atoms with Crippen molar-refractivity contribution >= 4 is 17.1 Å². The largest absolute Gasteiger partial charge is 0.497 e. The Balaban J connectivity index is 2.31. The SMILES string of the molecule is COc1ccc(C(=S)c2cccn2C)cc1. The van der Waals surface area contributed by atoms with Gasteiger partial charge in [-0.15, -0.1) is 0 Å². The highest BCUT2D eigenvalue weighted by atomic mass is 32.1. The highest BCUT2D eigenvalue weighted by Gasteiger charge is 2.07. The predicted molar refractivity (Wildman–Crippen MR) is 69.2 cm³/mol. The van der Waals surface area contributed by atoms with Crippen LogP contribution >= 0.6 is 12.2 Å². The van der Waals surface area contributed by atoms with Crippen molar-refractivity contribution < 1.29 is 4.74 Å². The first-order valence-electron chi connectivity index (χ1n) is 5.02. The van der Waals surface area contributed by atoms with Gasteiger partial charge in [0.1, 0.15) is 5.75 Å². The van der Waals surface area contributed by atoms with Crippen LogP contribution in [0.15, 0.2) is 42.6 Å². The van der Waals surface area contributed by atoms with Crippen molar-refractivity contribution in [3.8, 4) is 5.75 Å². The van der Waals surface area contributed by atoms with Gasteiger partial charge in [0, 0.05) is 13.2 Å². The average molecular weight is 231 g/mol. The summed E-state index contributed by atoms with van der Waals surface area (Å²) in [4.78, 5) is 0.857. The van der Waals surface area contributed by atoms with Crippen molar-refractivity contribution in [2.45, 2.75) is 0 Å². The Labute approximate surface area is 100 Å². The molecule has 0 atom stereocenters. The second kappa shape index (κ2) is 4.49. The van der Waals surface area contributed by atoms with Crippen molar-refractivity contribution in [3.05, 3.63) is 53.9 Å². The van der Waals surface area contributed by atoms with Crippen molar-refractivity contribution in [2.75, 3.05) is 7.11 Å². The quantitative estimate of drug-likeness (QED) is 0.595. The number of benzene rings is 1. The summed E-state index contributed by atoms with van der Waals surface area (Å²) in [6.45, 7) is 0. The average Bonchev–Trinajstić information content (AvgIpc) is 2.75. The van der Waals surface area contributed by atoms with E-state index < -0.39 is 0 Å². The van der Waals surface area contributed by atoms with Crippen LogP contribution in [0.3, 0.4) is 0 Å². The van der Waals surface area contributed by atoms with Crippen molar-refractivity contribution in [1.29, 1.82) is 0 Å². The minimum absolute atomic E-state index is 0.846. The molecule has 0 unspecified atom stereocenters. The summed E-state index contributed by atoms with van der Waals surface area (Å²) in [7, 11) is 3.65. The summed E-state index contributed by atoms with van der Waals surface area (Å²) >= 11 is 5.45. The lowest BCUT2D eigenvalue weighted by molar-refractivity contribution is 0.415. The van der Waals surface area contributed by atoms with E-state index in [4.69, 9.17) is 17.0 Å². The van der Waals surface area contributed by atoms with Crippen molar-refractivity contribution in [1.82, 2.24) is 4.57 Å². The summed E-state index contributed by atoms with van der Waals surface area (Å²) in [6.07, 6.45) is 1.99. The van der Waals surface area contributed by atoms with E-state index in [-0.39, 0.29) is 0 Å². The van der Waals surface area contributed by atoms with Gasteiger partial charge in [-0.25, -0.2) is 0 Å². The second-order valence-electron chi connectivity index (χ2n) is 3.56. The molecule has 2 aromatic rings. The number of rotatable bonds is 3. The summed E-state index contributed by atoms with van der Waals surface area (Å²) < 4.78 is 7.14. The fourth-order valence-electron chi connectivity index (χ4n) is 1.59. The monoisotopic (exact) mass is 231 g/mol. The molecule has 0 aliphatic rings. The Hall–Kier alpha value is -1.61. The van der Waals surface area contributed by atoms with Gasteiger partial charge in [0.2, 0.25) is 0 Å². The predicted octanol–water partition coefficient (Wildman–Crippen LogP) is 2.80. The number of ether oxygens (including phenoxy) is 1. The van der Waals surface area contributed by atoms with Gasteiger partial charge in [0.25, 0.3) is 0 Å². The maximum atomic E-state index is 5.45. The molecule has 0 saturated carbocycles. The third-order valence-electron chi connectivity index (χ3n) is 2.53. The van der Waals surface area contributed by atoms with E-state index in [0.717, 1.165) is 21.9 Å². The van der Waals surface area contributed by atoms with Crippen LogP contribution < -0.4 is 4.74 Å². The van der Waals surface area contributed by atoms with Gasteiger partial charge in [0.05, 0.1) is 17.7 Å². The highest BCUT2D eigenvalue weighted by Crippen LogP contribution is 2.15. The van der Waals surface area contributed by atoms with E-state index in [1.54, 1.807) is 7.11 Å². The number of hydrogen-bond acceptors (Lipinski definition) is 2. The zero-order valence-electron chi connectivity index (χ0n) is 9.31. The highest BCUT2D eigenvalue weighted by molar-refractivity contribution is 7.81. The molecule has 0 aliphatic heterocycles. The molecule has 2 rings (SSSR count). The first-order chi connectivity index (χ1) is 7.72. The van der Waals surface area contributed by atoms with Crippen LogP contribution in [0, 0.1) is 0 Å². The molecule has 0 aliphatic carbocycles. The Morgan fingerprint density at radius 2 is 1.88 bits per heavy atom. The van der Waals surface area contributed by atoms with E-state index in [2.05, 4.69) is 0 Å². The Bertz CT molecular complexity index is 499. The topological polar surface area (TPSA) is 14.2 Å². The molecule has 1 aromatic heterocycles. The van der Waals surface area contributed by atoms with Crippen LogP contribution in [0.4, 0.5) is 0 Å². The number of aromatic nitrogens is 1. The molecule has 0 radical (unpaired) electrons. The molecule has 82 valence electrons. The smallest absolute Gasteiger partial charge is 0.118 e. The second-order valence-corrected chi connectivity index (χ2v) is 3.97. The van der Waals surface area contributed by atoms with Crippen LogP contribution in [0.25, 0.3) is 0 Å². The molecular weight excluding hydrogens is 218 g/mol. The van der Waals surface area contributed by atoms with E-state index >= 15 is 0 Å². The summed E-state index contributed by atoms with van der Waals surface area (Å²) in [5, 5.41) is 0. The minimum Gasteiger partial charge on any atom is -0.497 e. The number of hydrogen-bond donors (Lipinski definition) is 0. The number of methoxy groups -OCH3 is 1.